The second kappa shape index (κ2) is 19.0. The average Bonchev–Trinajstić information content (AvgIpc) is 3.51. The van der Waals surface area contributed by atoms with Gasteiger partial charge in [-0.25, -0.2) is 19.6 Å². The summed E-state index contributed by atoms with van der Waals surface area (Å²) < 4.78 is 1.49. The van der Waals surface area contributed by atoms with Crippen LogP contribution in [-0.2, 0) is 36.9 Å². The zero-order chi connectivity index (χ0) is 38.6. The molecule has 4 heterocycles. The number of carbonyl (C=O) groups excluding carboxylic acids is 5. The summed E-state index contributed by atoms with van der Waals surface area (Å²) in [5.41, 5.74) is 0.837. The van der Waals surface area contributed by atoms with Crippen molar-refractivity contribution in [1.82, 2.24) is 55.8 Å². The van der Waals surface area contributed by atoms with E-state index in [1.807, 2.05) is 44.2 Å². The maximum atomic E-state index is 13.9. The smallest absolute Gasteiger partial charge is 0.243 e. The van der Waals surface area contributed by atoms with Gasteiger partial charge in [0.25, 0.3) is 0 Å². The Morgan fingerprint density at radius 2 is 1.59 bits per heavy atom. The van der Waals surface area contributed by atoms with Gasteiger partial charge in [0, 0.05) is 71.0 Å². The molecule has 17 heteroatoms. The molecule has 0 saturated carbocycles. The van der Waals surface area contributed by atoms with Crippen LogP contribution < -0.4 is 26.2 Å². The molecule has 290 valence electrons. The molecule has 5 rings (SSSR count). The molecule has 3 atom stereocenters. The van der Waals surface area contributed by atoms with Gasteiger partial charge in [-0.05, 0) is 37.8 Å². The van der Waals surface area contributed by atoms with Gasteiger partial charge in [0.1, 0.15) is 24.5 Å². The highest BCUT2D eigenvalue weighted by Gasteiger charge is 2.31. The Labute approximate surface area is 315 Å². The average molecular weight is 745 g/mol. The molecule has 0 bridgehead atoms. The summed E-state index contributed by atoms with van der Waals surface area (Å²) in [5, 5.41) is 16.0. The lowest BCUT2D eigenvalue weighted by Crippen LogP contribution is -2.54. The monoisotopic (exact) mass is 744 g/mol. The predicted molar refractivity (Wildman–Crippen MR) is 200 cm³/mol. The number of nitrogens with one attached hydrogen (secondary N) is 4. The van der Waals surface area contributed by atoms with Crippen molar-refractivity contribution in [2.24, 2.45) is 5.92 Å². The van der Waals surface area contributed by atoms with Crippen molar-refractivity contribution in [2.45, 2.75) is 71.6 Å². The molecule has 2 aliphatic heterocycles. The molecule has 3 aromatic rings. The third kappa shape index (κ3) is 11.3. The van der Waals surface area contributed by atoms with Crippen LogP contribution in [0.5, 0.6) is 0 Å². The topological polar surface area (TPSA) is 200 Å². The maximum Gasteiger partial charge on any atom is 0.243 e. The van der Waals surface area contributed by atoms with E-state index in [1.165, 1.54) is 4.68 Å². The number of amides is 5. The van der Waals surface area contributed by atoms with E-state index in [0.29, 0.717) is 50.2 Å². The summed E-state index contributed by atoms with van der Waals surface area (Å²) in [7, 11) is 0. The fourth-order valence-corrected chi connectivity index (χ4v) is 6.50. The Morgan fingerprint density at radius 1 is 0.870 bits per heavy atom. The van der Waals surface area contributed by atoms with E-state index < -0.39 is 29.9 Å². The third-order valence-corrected chi connectivity index (χ3v) is 9.48. The van der Waals surface area contributed by atoms with E-state index in [9.17, 15) is 24.0 Å². The van der Waals surface area contributed by atoms with Crippen LogP contribution in [-0.4, -0.2) is 129 Å². The fraction of sp³-hybridized carbons (Fsp3) is 0.541. The van der Waals surface area contributed by atoms with Gasteiger partial charge in [-0.15, -0.1) is 0 Å². The van der Waals surface area contributed by atoms with Crippen LogP contribution in [0.2, 0.25) is 0 Å². The van der Waals surface area contributed by atoms with E-state index >= 15 is 0 Å². The quantitative estimate of drug-likeness (QED) is 0.265. The van der Waals surface area contributed by atoms with Gasteiger partial charge >= 0.3 is 0 Å². The number of anilines is 1. The summed E-state index contributed by atoms with van der Waals surface area (Å²) in [5.74, 6) is -0.410. The summed E-state index contributed by atoms with van der Waals surface area (Å²) in [6.45, 7) is 10.5. The number of piperazine rings is 1. The summed E-state index contributed by atoms with van der Waals surface area (Å²) >= 11 is 0. The van der Waals surface area contributed by atoms with Gasteiger partial charge in [-0.2, -0.15) is 5.10 Å². The van der Waals surface area contributed by atoms with Crippen LogP contribution in [0, 0.1) is 12.8 Å². The molecule has 1 aromatic carbocycles. The number of hydrogen-bond acceptors (Lipinski definition) is 11. The molecule has 1 saturated heterocycles. The van der Waals surface area contributed by atoms with Crippen LogP contribution in [0.1, 0.15) is 56.9 Å². The molecule has 2 aromatic heterocycles. The molecule has 0 unspecified atom stereocenters. The van der Waals surface area contributed by atoms with Crippen molar-refractivity contribution in [3.63, 3.8) is 0 Å². The summed E-state index contributed by atoms with van der Waals surface area (Å²) in [6.07, 6.45) is 4.04. The van der Waals surface area contributed by atoms with Crippen molar-refractivity contribution in [2.75, 3.05) is 57.3 Å². The number of benzene rings is 1. The number of hydrogen-bond donors (Lipinski definition) is 4. The molecule has 17 nitrogen and oxygen atoms in total. The highest BCUT2D eigenvalue weighted by molar-refractivity contribution is 5.92. The first-order valence-electron chi connectivity index (χ1n) is 18.6. The van der Waals surface area contributed by atoms with Crippen molar-refractivity contribution in [3.05, 3.63) is 66.0 Å². The minimum atomic E-state index is -0.971. The highest BCUT2D eigenvalue weighted by Crippen LogP contribution is 2.21. The predicted octanol–water partition coefficient (Wildman–Crippen LogP) is -0.0172. The van der Waals surface area contributed by atoms with Crippen molar-refractivity contribution in [1.29, 1.82) is 0 Å². The van der Waals surface area contributed by atoms with Crippen LogP contribution in [0.15, 0.2) is 48.8 Å². The Morgan fingerprint density at radius 3 is 2.30 bits per heavy atom. The molecule has 0 spiro atoms. The molecule has 54 heavy (non-hydrogen) atoms. The maximum absolute atomic E-state index is 13.9. The minimum absolute atomic E-state index is 0.0714. The molecule has 0 aliphatic carbocycles. The van der Waals surface area contributed by atoms with E-state index in [0.717, 1.165) is 5.56 Å². The number of rotatable bonds is 6. The Kier molecular flexibility index (Phi) is 14.0. The first-order chi connectivity index (χ1) is 26.0. The highest BCUT2D eigenvalue weighted by atomic mass is 16.2. The molecular formula is C37H52N12O5. The molecule has 0 radical (unpaired) electrons. The van der Waals surface area contributed by atoms with Crippen molar-refractivity contribution >= 4 is 35.5 Å². The number of aryl methyl sites for hydroxylation is 1. The van der Waals surface area contributed by atoms with Crippen LogP contribution in [0.3, 0.4) is 0 Å². The van der Waals surface area contributed by atoms with Gasteiger partial charge in [0.05, 0.1) is 12.6 Å². The van der Waals surface area contributed by atoms with Gasteiger partial charge in [-0.1, -0.05) is 44.2 Å². The fourth-order valence-electron chi connectivity index (χ4n) is 6.50. The van der Waals surface area contributed by atoms with E-state index in [1.54, 1.807) is 37.2 Å². The minimum Gasteiger partial charge on any atom is -0.353 e. The lowest BCUT2D eigenvalue weighted by Gasteiger charge is -2.35. The molecule has 1 fully saturated rings. The first-order valence-corrected chi connectivity index (χ1v) is 18.6. The van der Waals surface area contributed by atoms with E-state index in [4.69, 9.17) is 0 Å². The van der Waals surface area contributed by atoms with Crippen LogP contribution >= 0.6 is 0 Å². The zero-order valence-corrected chi connectivity index (χ0v) is 31.5. The number of fused-ring (bicyclic) bond motifs is 1. The van der Waals surface area contributed by atoms with Crippen LogP contribution in [0.25, 0.3) is 0 Å². The number of carbonyl (C=O) groups is 5. The van der Waals surface area contributed by atoms with E-state index in [2.05, 4.69) is 51.1 Å². The SMILES string of the molecule is Cc1nc2n(n1)CC(=O)NCCN(C(=O)CN1CCN(c3ncccn3)CC1)CCCC(=O)N[C@@H](C)C(=O)N[C@H](Cc1ccccc1)C(=O)N[C@H]2C(C)C. The molecule has 5 amide bonds. The van der Waals surface area contributed by atoms with Gasteiger partial charge < -0.3 is 31.1 Å². The van der Waals surface area contributed by atoms with Gasteiger partial charge in [-0.3, -0.25) is 28.9 Å². The third-order valence-electron chi connectivity index (χ3n) is 9.48. The molecule has 4 N–H and O–H groups in total. The standard InChI is InChI=1S/C37H52N12O5/c1-25(2)33-34-42-27(4)45-49(34)23-31(51)38-15-17-47(32(52)24-46-18-20-48(21-19-46)37-39-13-9-14-40-37)16-8-12-30(50)41-26(3)35(53)43-29(36(54)44-33)22-28-10-6-5-7-11-28/h5-7,9-11,13-14,25-26,29,33H,8,12,15-24H2,1-4H3,(H,38,51)(H,41,50)(H,43,53)(H,44,54)/t26-,29+,33-/m0/s1. The molecule has 2 aliphatic rings. The zero-order valence-electron chi connectivity index (χ0n) is 31.5. The van der Waals surface area contributed by atoms with Gasteiger partial charge in [0.15, 0.2) is 5.82 Å². The Balaban J connectivity index is 1.31. The van der Waals surface area contributed by atoms with Crippen LogP contribution in [0.4, 0.5) is 5.95 Å². The lowest BCUT2D eigenvalue weighted by molar-refractivity contribution is -0.134. The Bertz CT molecular complexity index is 1730. The van der Waals surface area contributed by atoms with E-state index in [-0.39, 0.29) is 69.2 Å². The molecular weight excluding hydrogens is 692 g/mol. The van der Waals surface area contributed by atoms with Gasteiger partial charge in [0.2, 0.25) is 35.5 Å². The Hall–Kier alpha value is -5.45. The second-order valence-electron chi connectivity index (χ2n) is 14.1. The van der Waals surface area contributed by atoms with Crippen molar-refractivity contribution in [3.8, 4) is 0 Å². The first kappa shape index (κ1) is 39.8. The summed E-state index contributed by atoms with van der Waals surface area (Å²) in [6, 6.07) is 8.56. The number of nitrogens with zero attached hydrogens (tertiary/aromatic N) is 8. The second-order valence-corrected chi connectivity index (χ2v) is 14.1. The normalized spacial score (nSPS) is 21.8. The van der Waals surface area contributed by atoms with Crippen molar-refractivity contribution < 1.29 is 24.0 Å². The number of aromatic nitrogens is 5. The lowest BCUT2D eigenvalue weighted by atomic mass is 10.0. The summed E-state index contributed by atoms with van der Waals surface area (Å²) in [4.78, 5) is 86.3. The largest absolute Gasteiger partial charge is 0.353 e.